The Bertz CT molecular complexity index is 545. The molecule has 0 spiro atoms. The van der Waals surface area contributed by atoms with Gasteiger partial charge in [0.1, 0.15) is 0 Å². The molecule has 2 nitrogen and oxygen atoms in total. The second kappa shape index (κ2) is 6.39. The van der Waals surface area contributed by atoms with E-state index in [9.17, 15) is 4.79 Å². The van der Waals surface area contributed by atoms with Crippen LogP contribution in [0.5, 0.6) is 0 Å². The first-order chi connectivity index (χ1) is 8.66. The molecule has 2 aromatic rings. The summed E-state index contributed by atoms with van der Waals surface area (Å²) in [5, 5.41) is 2.83. The Morgan fingerprint density at radius 3 is 2.39 bits per heavy atom. The van der Waals surface area contributed by atoms with Crippen molar-refractivity contribution in [3.63, 3.8) is 0 Å². The van der Waals surface area contributed by atoms with E-state index in [4.69, 9.17) is 0 Å². The van der Waals surface area contributed by atoms with E-state index >= 15 is 0 Å². The number of hydrogen-bond acceptors (Lipinski definition) is 1. The molecule has 0 aromatic heterocycles. The summed E-state index contributed by atoms with van der Waals surface area (Å²) < 4.78 is 2.74. The molecule has 18 heavy (non-hydrogen) atoms. The minimum absolute atomic E-state index is 0.0284. The van der Waals surface area contributed by atoms with E-state index in [-0.39, 0.29) is 5.91 Å². The predicted octanol–water partition coefficient (Wildman–Crippen LogP) is 2.19. The first-order valence-electron chi connectivity index (χ1n) is 5.55. The average molecular weight is 413 g/mol. The summed E-state index contributed by atoms with van der Waals surface area (Å²) in [6, 6.07) is 18.7. The molecule has 0 radical (unpaired) electrons. The normalized spacial score (nSPS) is 11.9. The summed E-state index contributed by atoms with van der Waals surface area (Å²) in [7, 11) is 0. The van der Waals surface area contributed by atoms with Gasteiger partial charge in [0.2, 0.25) is 0 Å². The Labute approximate surface area is 123 Å². The Hall–Kier alpha value is -0.802. The van der Waals surface area contributed by atoms with Crippen LogP contribution < -0.4 is 14.0 Å². The fourth-order valence-corrected chi connectivity index (χ4v) is 7.37. The van der Waals surface area contributed by atoms with E-state index in [1.54, 1.807) is 0 Å². The van der Waals surface area contributed by atoms with Crippen molar-refractivity contribution in [1.82, 2.24) is 0 Å². The van der Waals surface area contributed by atoms with Gasteiger partial charge in [-0.3, -0.25) is 0 Å². The average Bonchev–Trinajstić information content (AvgIpc) is 2.38. The van der Waals surface area contributed by atoms with Crippen molar-refractivity contribution in [3.05, 3.63) is 54.6 Å². The van der Waals surface area contributed by atoms with Gasteiger partial charge in [-0.05, 0) is 0 Å². The van der Waals surface area contributed by atoms with Crippen LogP contribution in [0.2, 0.25) is 0 Å². The van der Waals surface area contributed by atoms with Crippen molar-refractivity contribution in [1.29, 1.82) is 0 Å². The van der Waals surface area contributed by atoms with E-state index in [0.717, 1.165) is 5.69 Å². The zero-order chi connectivity index (χ0) is 13.0. The number of amides is 1. The number of anilines is 1. The molecule has 1 unspecified atom stereocenters. The van der Waals surface area contributed by atoms with Gasteiger partial charge >= 0.3 is 123 Å². The van der Waals surface area contributed by atoms with E-state index in [1.807, 2.05) is 18.2 Å². The van der Waals surface area contributed by atoms with E-state index in [2.05, 4.69) is 61.8 Å². The Balaban J connectivity index is 2.25. The molecule has 0 saturated heterocycles. The minimum atomic E-state index is -1.25. The van der Waals surface area contributed by atoms with Crippen LogP contribution >= 0.6 is 20.1 Å². The van der Waals surface area contributed by atoms with Gasteiger partial charge in [-0.15, -0.1) is 0 Å². The fraction of sp³-hybridized carbons (Fsp3) is 0.0714. The summed E-state index contributed by atoms with van der Waals surface area (Å²) in [6.45, 7) is 1.53. The van der Waals surface area contributed by atoms with Crippen LogP contribution in [-0.2, 0) is 4.79 Å². The third-order valence-corrected chi connectivity index (χ3v) is 11.3. The summed E-state index contributed by atoms with van der Waals surface area (Å²) in [5.74, 6) is -0.0284. The van der Waals surface area contributed by atoms with E-state index in [0.29, 0.717) is 0 Å². The third kappa shape index (κ3) is 3.59. The number of halogens is 1. The van der Waals surface area contributed by atoms with Crippen molar-refractivity contribution in [2.24, 2.45) is 0 Å². The van der Waals surface area contributed by atoms with Crippen molar-refractivity contribution in [3.8, 4) is 0 Å². The van der Waals surface area contributed by atoms with Gasteiger partial charge in [0.25, 0.3) is 0 Å². The topological polar surface area (TPSA) is 29.1 Å². The zero-order valence-corrected chi connectivity index (χ0v) is 14.0. The van der Waals surface area contributed by atoms with Gasteiger partial charge in [-0.25, -0.2) is 0 Å². The van der Waals surface area contributed by atoms with Gasteiger partial charge in [0, 0.05) is 0 Å². The number of carbonyl (C=O) groups is 1. The summed E-state index contributed by atoms with van der Waals surface area (Å²) >= 11 is 1.31. The molecule has 92 valence electrons. The summed E-state index contributed by atoms with van der Waals surface area (Å²) in [5.41, 5.74) is 0.881. The third-order valence-electron chi connectivity index (χ3n) is 2.38. The number of rotatable bonds is 3. The van der Waals surface area contributed by atoms with Crippen molar-refractivity contribution in [2.75, 3.05) is 5.32 Å². The number of carbonyl (C=O) groups excluding carboxylic acids is 1. The van der Waals surface area contributed by atoms with E-state index < -0.39 is 11.3 Å². The van der Waals surface area contributed by atoms with Crippen LogP contribution in [0.1, 0.15) is 6.92 Å². The second-order valence-corrected chi connectivity index (χ2v) is 12.2. The molecule has 0 aliphatic rings. The standard InChI is InChI=1S/C14H13AsINO/c1-11(18)17-14-9-5-8-13(10-14)15(16)12-6-3-2-4-7-12/h2-10H,1H3,(H,17,18). The van der Waals surface area contributed by atoms with Crippen molar-refractivity contribution in [2.45, 2.75) is 6.92 Å². The molecule has 2 rings (SSSR count). The molecular formula is C14H13AsINO. The molecule has 0 saturated carbocycles. The van der Waals surface area contributed by atoms with Crippen LogP contribution in [0.25, 0.3) is 0 Å². The first-order valence-corrected chi connectivity index (χ1v) is 13.2. The monoisotopic (exact) mass is 413 g/mol. The summed E-state index contributed by atoms with van der Waals surface area (Å²) in [4.78, 5) is 11.1. The Morgan fingerprint density at radius 1 is 1.06 bits per heavy atom. The number of hydrogen-bond donors (Lipinski definition) is 1. The maximum absolute atomic E-state index is 11.1. The molecule has 1 atom stereocenters. The molecule has 1 amide bonds. The first kappa shape index (κ1) is 13.6. The SMILES string of the molecule is CC(=O)Nc1cccc([As](I)c2ccccc2)c1. The molecule has 0 fully saturated rings. The van der Waals surface area contributed by atoms with Gasteiger partial charge in [-0.1, -0.05) is 0 Å². The Morgan fingerprint density at radius 2 is 1.72 bits per heavy atom. The van der Waals surface area contributed by atoms with Crippen LogP contribution in [0, 0.1) is 0 Å². The Kier molecular flexibility index (Phi) is 4.84. The molecule has 0 aliphatic carbocycles. The van der Waals surface area contributed by atoms with Crippen molar-refractivity contribution >= 4 is 51.7 Å². The molecular weight excluding hydrogens is 400 g/mol. The van der Waals surface area contributed by atoms with Crippen LogP contribution in [0.15, 0.2) is 54.6 Å². The molecule has 0 heterocycles. The molecule has 4 heteroatoms. The second-order valence-electron chi connectivity index (χ2n) is 3.85. The molecule has 1 N–H and O–H groups in total. The molecule has 2 aromatic carbocycles. The van der Waals surface area contributed by atoms with Gasteiger partial charge in [0.05, 0.1) is 0 Å². The van der Waals surface area contributed by atoms with Crippen LogP contribution in [0.3, 0.4) is 0 Å². The van der Waals surface area contributed by atoms with Gasteiger partial charge in [-0.2, -0.15) is 0 Å². The quantitative estimate of drug-likeness (QED) is 0.607. The molecule has 0 aliphatic heterocycles. The number of nitrogens with one attached hydrogen (secondary N) is 1. The van der Waals surface area contributed by atoms with Crippen molar-refractivity contribution < 1.29 is 4.79 Å². The fourth-order valence-electron chi connectivity index (χ4n) is 1.62. The number of benzene rings is 2. The van der Waals surface area contributed by atoms with Crippen LogP contribution in [0.4, 0.5) is 5.69 Å². The van der Waals surface area contributed by atoms with Gasteiger partial charge in [0.15, 0.2) is 0 Å². The maximum atomic E-state index is 11.1. The predicted molar refractivity (Wildman–Crippen MR) is 86.2 cm³/mol. The summed E-state index contributed by atoms with van der Waals surface area (Å²) in [6.07, 6.45) is 0. The van der Waals surface area contributed by atoms with Gasteiger partial charge < -0.3 is 0 Å². The molecule has 0 bridgehead atoms. The van der Waals surface area contributed by atoms with Crippen LogP contribution in [-0.4, -0.2) is 17.2 Å². The van der Waals surface area contributed by atoms with E-state index in [1.165, 1.54) is 15.6 Å². The zero-order valence-electron chi connectivity index (χ0n) is 9.93.